The summed E-state index contributed by atoms with van der Waals surface area (Å²) >= 11 is 4.88. The average molecular weight is 333 g/mol. The number of rotatable bonds is 2. The van der Waals surface area contributed by atoms with Crippen molar-refractivity contribution < 1.29 is 0 Å². The third-order valence-corrected chi connectivity index (χ3v) is 3.96. The molecule has 2 N–H and O–H groups in total. The standard InChI is InChI=1S/C13H9BrN4S/c14-8-1-4-12(16-6-8)19-13-10-3-2-9(15)5-11(10)17-7-18-13/h1-7H,15H2. The molecular formula is C13H9BrN4S. The van der Waals surface area contributed by atoms with E-state index in [0.717, 1.165) is 25.4 Å². The SMILES string of the molecule is Nc1ccc2c(Sc3ccc(Br)cn3)ncnc2c1. The highest BCUT2D eigenvalue weighted by Gasteiger charge is 2.06. The number of nitrogen functional groups attached to an aromatic ring is 1. The second-order valence-electron chi connectivity index (χ2n) is 3.87. The fraction of sp³-hybridized carbons (Fsp3) is 0. The molecule has 3 aromatic rings. The fourth-order valence-corrected chi connectivity index (χ4v) is 2.71. The van der Waals surface area contributed by atoms with Crippen LogP contribution in [0.3, 0.4) is 0 Å². The van der Waals surface area contributed by atoms with E-state index in [0.29, 0.717) is 5.69 Å². The van der Waals surface area contributed by atoms with Gasteiger partial charge in [0.15, 0.2) is 0 Å². The Hall–Kier alpha value is -1.66. The molecule has 4 nitrogen and oxygen atoms in total. The van der Waals surface area contributed by atoms with Gasteiger partial charge in [0, 0.05) is 21.7 Å². The number of hydrogen-bond donors (Lipinski definition) is 1. The highest BCUT2D eigenvalue weighted by molar-refractivity contribution is 9.10. The van der Waals surface area contributed by atoms with Crippen molar-refractivity contribution >= 4 is 44.3 Å². The van der Waals surface area contributed by atoms with Crippen molar-refractivity contribution in [1.29, 1.82) is 0 Å². The highest BCUT2D eigenvalue weighted by Crippen LogP contribution is 2.30. The topological polar surface area (TPSA) is 64.7 Å². The molecule has 94 valence electrons. The van der Waals surface area contributed by atoms with E-state index in [-0.39, 0.29) is 0 Å². The molecule has 0 saturated carbocycles. The lowest BCUT2D eigenvalue weighted by Gasteiger charge is -2.04. The van der Waals surface area contributed by atoms with E-state index < -0.39 is 0 Å². The highest BCUT2D eigenvalue weighted by atomic mass is 79.9. The van der Waals surface area contributed by atoms with Gasteiger partial charge in [-0.3, -0.25) is 0 Å². The van der Waals surface area contributed by atoms with E-state index in [1.54, 1.807) is 12.5 Å². The Balaban J connectivity index is 2.03. The van der Waals surface area contributed by atoms with Gasteiger partial charge >= 0.3 is 0 Å². The molecule has 0 bridgehead atoms. The van der Waals surface area contributed by atoms with Crippen molar-refractivity contribution in [1.82, 2.24) is 15.0 Å². The molecule has 0 aliphatic heterocycles. The van der Waals surface area contributed by atoms with Crippen LogP contribution in [0, 0.1) is 0 Å². The molecule has 3 rings (SSSR count). The predicted molar refractivity (Wildman–Crippen MR) is 80.0 cm³/mol. The molecule has 0 saturated heterocycles. The van der Waals surface area contributed by atoms with Crippen LogP contribution < -0.4 is 5.73 Å². The predicted octanol–water partition coefficient (Wildman–Crippen LogP) is 3.52. The van der Waals surface area contributed by atoms with Crippen molar-refractivity contribution in [2.45, 2.75) is 10.1 Å². The van der Waals surface area contributed by atoms with Crippen LogP contribution in [0.5, 0.6) is 0 Å². The largest absolute Gasteiger partial charge is 0.399 e. The van der Waals surface area contributed by atoms with Gasteiger partial charge in [-0.05, 0) is 58.0 Å². The van der Waals surface area contributed by atoms with Gasteiger partial charge < -0.3 is 5.73 Å². The Morgan fingerprint density at radius 3 is 2.74 bits per heavy atom. The van der Waals surface area contributed by atoms with E-state index in [4.69, 9.17) is 5.73 Å². The Labute approximate surface area is 122 Å². The first-order valence-electron chi connectivity index (χ1n) is 5.52. The molecular weight excluding hydrogens is 324 g/mol. The van der Waals surface area contributed by atoms with Crippen molar-refractivity contribution in [3.63, 3.8) is 0 Å². The van der Waals surface area contributed by atoms with Gasteiger partial charge in [0.2, 0.25) is 0 Å². The summed E-state index contributed by atoms with van der Waals surface area (Å²) in [6.45, 7) is 0. The Bertz CT molecular complexity index is 730. The van der Waals surface area contributed by atoms with Crippen molar-refractivity contribution in [3.8, 4) is 0 Å². The minimum absolute atomic E-state index is 0.698. The van der Waals surface area contributed by atoms with Crippen LogP contribution in [0.25, 0.3) is 10.9 Å². The monoisotopic (exact) mass is 332 g/mol. The lowest BCUT2D eigenvalue weighted by atomic mass is 10.2. The Kier molecular flexibility index (Phi) is 3.35. The van der Waals surface area contributed by atoms with Gasteiger partial charge in [0.05, 0.1) is 5.52 Å². The van der Waals surface area contributed by atoms with Crippen LogP contribution >= 0.6 is 27.7 Å². The molecule has 2 heterocycles. The van der Waals surface area contributed by atoms with Gasteiger partial charge in [-0.25, -0.2) is 15.0 Å². The summed E-state index contributed by atoms with van der Waals surface area (Å²) in [6.07, 6.45) is 3.31. The van der Waals surface area contributed by atoms with E-state index in [1.807, 2.05) is 30.3 Å². The first kappa shape index (κ1) is 12.4. The second kappa shape index (κ2) is 5.14. The molecule has 0 radical (unpaired) electrons. The molecule has 0 spiro atoms. The third-order valence-electron chi connectivity index (χ3n) is 2.53. The maximum Gasteiger partial charge on any atom is 0.117 e. The molecule has 0 aliphatic rings. The molecule has 0 atom stereocenters. The van der Waals surface area contributed by atoms with Crippen molar-refractivity contribution in [2.75, 3.05) is 5.73 Å². The molecule has 6 heteroatoms. The summed E-state index contributed by atoms with van der Waals surface area (Å²) in [4.78, 5) is 12.9. The van der Waals surface area contributed by atoms with Gasteiger partial charge in [-0.15, -0.1) is 0 Å². The summed E-state index contributed by atoms with van der Waals surface area (Å²) in [6, 6.07) is 9.53. The summed E-state index contributed by atoms with van der Waals surface area (Å²) in [7, 11) is 0. The van der Waals surface area contributed by atoms with Crippen molar-refractivity contribution in [3.05, 3.63) is 47.3 Å². The number of aromatic nitrogens is 3. The first-order valence-corrected chi connectivity index (χ1v) is 7.13. The second-order valence-corrected chi connectivity index (χ2v) is 5.80. The molecule has 0 fully saturated rings. The maximum absolute atomic E-state index is 5.76. The van der Waals surface area contributed by atoms with E-state index in [9.17, 15) is 0 Å². The number of nitrogens with zero attached hydrogens (tertiary/aromatic N) is 3. The summed E-state index contributed by atoms with van der Waals surface area (Å²) < 4.78 is 0.956. The number of benzene rings is 1. The molecule has 0 aliphatic carbocycles. The smallest absolute Gasteiger partial charge is 0.117 e. The minimum atomic E-state index is 0.698. The zero-order chi connectivity index (χ0) is 13.2. The van der Waals surface area contributed by atoms with Crippen LogP contribution in [0.4, 0.5) is 5.69 Å². The van der Waals surface area contributed by atoms with Crippen LogP contribution in [0.2, 0.25) is 0 Å². The van der Waals surface area contributed by atoms with E-state index >= 15 is 0 Å². The number of fused-ring (bicyclic) bond motifs is 1. The van der Waals surface area contributed by atoms with Crippen LogP contribution in [0.15, 0.2) is 57.4 Å². The van der Waals surface area contributed by atoms with Gasteiger partial charge in [0.25, 0.3) is 0 Å². The third kappa shape index (κ3) is 2.69. The molecule has 0 amide bonds. The molecule has 19 heavy (non-hydrogen) atoms. The normalized spacial score (nSPS) is 10.8. The number of anilines is 1. The van der Waals surface area contributed by atoms with E-state index in [1.165, 1.54) is 11.8 Å². The molecule has 2 aromatic heterocycles. The summed E-state index contributed by atoms with van der Waals surface area (Å²) in [5.74, 6) is 0. The zero-order valence-electron chi connectivity index (χ0n) is 9.75. The quantitative estimate of drug-likeness (QED) is 0.574. The molecule has 1 aromatic carbocycles. The number of hydrogen-bond acceptors (Lipinski definition) is 5. The first-order chi connectivity index (χ1) is 9.22. The number of halogens is 1. The van der Waals surface area contributed by atoms with Gasteiger partial charge in [0.1, 0.15) is 16.4 Å². The van der Waals surface area contributed by atoms with Crippen molar-refractivity contribution in [2.24, 2.45) is 0 Å². The lowest BCUT2D eigenvalue weighted by molar-refractivity contribution is 1.08. The minimum Gasteiger partial charge on any atom is -0.399 e. The fourth-order valence-electron chi connectivity index (χ4n) is 1.65. The average Bonchev–Trinajstić information content (AvgIpc) is 2.41. The van der Waals surface area contributed by atoms with Crippen LogP contribution in [-0.4, -0.2) is 15.0 Å². The Morgan fingerprint density at radius 1 is 1.05 bits per heavy atom. The van der Waals surface area contributed by atoms with Gasteiger partial charge in [-0.1, -0.05) is 0 Å². The summed E-state index contributed by atoms with van der Waals surface area (Å²) in [5.41, 5.74) is 7.30. The Morgan fingerprint density at radius 2 is 1.95 bits per heavy atom. The lowest BCUT2D eigenvalue weighted by Crippen LogP contribution is -1.90. The van der Waals surface area contributed by atoms with Gasteiger partial charge in [-0.2, -0.15) is 0 Å². The van der Waals surface area contributed by atoms with Crippen LogP contribution in [-0.2, 0) is 0 Å². The number of pyridine rings is 1. The van der Waals surface area contributed by atoms with E-state index in [2.05, 4.69) is 30.9 Å². The summed E-state index contributed by atoms with van der Waals surface area (Å²) in [5, 5.41) is 2.74. The maximum atomic E-state index is 5.76. The zero-order valence-corrected chi connectivity index (χ0v) is 12.1. The number of nitrogens with two attached hydrogens (primary N) is 1. The van der Waals surface area contributed by atoms with Crippen LogP contribution in [0.1, 0.15) is 0 Å². The molecule has 0 unspecified atom stereocenters.